The lowest BCUT2D eigenvalue weighted by molar-refractivity contribution is 0.0951. The standard InChI is InChI=1S/C14H18N4O/c1-2-8-18-13(10-16-17-18)14(19)12(9-15)11-6-4-3-5-7-11/h3-7,10,12H,2,8-9,15H2,1H3. The Labute approximate surface area is 112 Å². The van der Waals surface area contributed by atoms with E-state index in [0.717, 1.165) is 12.0 Å². The van der Waals surface area contributed by atoms with Gasteiger partial charge in [-0.15, -0.1) is 5.10 Å². The number of nitrogens with two attached hydrogens (primary N) is 1. The van der Waals surface area contributed by atoms with Crippen LogP contribution in [0.25, 0.3) is 0 Å². The van der Waals surface area contributed by atoms with Gasteiger partial charge in [-0.05, 0) is 12.0 Å². The van der Waals surface area contributed by atoms with Crippen LogP contribution in [0.15, 0.2) is 36.5 Å². The second kappa shape index (κ2) is 6.24. The number of nitrogens with zero attached hydrogens (tertiary/aromatic N) is 3. The van der Waals surface area contributed by atoms with E-state index in [2.05, 4.69) is 10.3 Å². The zero-order valence-electron chi connectivity index (χ0n) is 11.0. The van der Waals surface area contributed by atoms with E-state index in [1.807, 2.05) is 37.3 Å². The number of carbonyl (C=O) groups is 1. The number of rotatable bonds is 6. The fraction of sp³-hybridized carbons (Fsp3) is 0.357. The van der Waals surface area contributed by atoms with Gasteiger partial charge in [0.15, 0.2) is 5.78 Å². The lowest BCUT2D eigenvalue weighted by atomic mass is 9.93. The Hall–Kier alpha value is -2.01. The molecular formula is C14H18N4O. The Bertz CT molecular complexity index is 535. The van der Waals surface area contributed by atoms with Crippen LogP contribution in [0.5, 0.6) is 0 Å². The molecule has 5 nitrogen and oxygen atoms in total. The van der Waals surface area contributed by atoms with E-state index in [1.54, 1.807) is 4.68 Å². The quantitative estimate of drug-likeness (QED) is 0.799. The summed E-state index contributed by atoms with van der Waals surface area (Å²) in [4.78, 5) is 12.6. The molecule has 1 heterocycles. The van der Waals surface area contributed by atoms with Crippen LogP contribution >= 0.6 is 0 Å². The summed E-state index contributed by atoms with van der Waals surface area (Å²) in [6.45, 7) is 3.00. The van der Waals surface area contributed by atoms with Crippen molar-refractivity contribution >= 4 is 5.78 Å². The molecule has 5 heteroatoms. The number of hydrogen-bond acceptors (Lipinski definition) is 4. The molecule has 1 unspecified atom stereocenters. The van der Waals surface area contributed by atoms with Crippen molar-refractivity contribution in [2.24, 2.45) is 5.73 Å². The number of Topliss-reactive ketones (excluding diaryl/α,β-unsaturated/α-hetero) is 1. The number of carbonyl (C=O) groups excluding carboxylic acids is 1. The molecule has 0 aliphatic carbocycles. The maximum atomic E-state index is 12.6. The first-order valence-corrected chi connectivity index (χ1v) is 6.45. The van der Waals surface area contributed by atoms with Crippen LogP contribution < -0.4 is 5.73 Å². The second-order valence-electron chi connectivity index (χ2n) is 4.41. The zero-order valence-corrected chi connectivity index (χ0v) is 11.0. The van der Waals surface area contributed by atoms with Crippen molar-refractivity contribution in [3.8, 4) is 0 Å². The SMILES string of the molecule is CCCn1nncc1C(=O)C(CN)c1ccccc1. The van der Waals surface area contributed by atoms with E-state index < -0.39 is 0 Å². The first-order valence-electron chi connectivity index (χ1n) is 6.45. The van der Waals surface area contributed by atoms with E-state index in [4.69, 9.17) is 5.73 Å². The minimum Gasteiger partial charge on any atom is -0.329 e. The van der Waals surface area contributed by atoms with Crippen molar-refractivity contribution < 1.29 is 4.79 Å². The Morgan fingerprint density at radius 3 is 2.74 bits per heavy atom. The van der Waals surface area contributed by atoms with E-state index in [0.29, 0.717) is 12.2 Å². The highest BCUT2D eigenvalue weighted by molar-refractivity contribution is 5.99. The average molecular weight is 258 g/mol. The molecule has 19 heavy (non-hydrogen) atoms. The van der Waals surface area contributed by atoms with E-state index in [1.165, 1.54) is 6.20 Å². The van der Waals surface area contributed by atoms with Crippen LogP contribution in [0.1, 0.15) is 35.3 Å². The molecule has 1 aromatic carbocycles. The summed E-state index contributed by atoms with van der Waals surface area (Å²) in [5.74, 6) is -0.359. The van der Waals surface area contributed by atoms with Crippen molar-refractivity contribution in [2.45, 2.75) is 25.8 Å². The largest absolute Gasteiger partial charge is 0.329 e. The van der Waals surface area contributed by atoms with Gasteiger partial charge in [0.1, 0.15) is 5.69 Å². The van der Waals surface area contributed by atoms with Gasteiger partial charge in [0.05, 0.1) is 12.1 Å². The van der Waals surface area contributed by atoms with Crippen molar-refractivity contribution in [1.82, 2.24) is 15.0 Å². The lowest BCUT2D eigenvalue weighted by Crippen LogP contribution is -2.24. The van der Waals surface area contributed by atoms with Crippen molar-refractivity contribution in [2.75, 3.05) is 6.54 Å². The first-order chi connectivity index (χ1) is 9.27. The van der Waals surface area contributed by atoms with Gasteiger partial charge >= 0.3 is 0 Å². The molecule has 2 aromatic rings. The molecule has 0 saturated heterocycles. The molecule has 0 fully saturated rings. The number of benzene rings is 1. The minimum atomic E-state index is -0.338. The zero-order chi connectivity index (χ0) is 13.7. The maximum absolute atomic E-state index is 12.6. The summed E-state index contributed by atoms with van der Waals surface area (Å²) < 4.78 is 1.65. The number of aromatic nitrogens is 3. The summed E-state index contributed by atoms with van der Waals surface area (Å²) in [5.41, 5.74) is 7.22. The smallest absolute Gasteiger partial charge is 0.191 e. The highest BCUT2D eigenvalue weighted by Gasteiger charge is 2.23. The van der Waals surface area contributed by atoms with Crippen LogP contribution in [0.3, 0.4) is 0 Å². The topological polar surface area (TPSA) is 73.8 Å². The third kappa shape index (κ3) is 2.88. The molecule has 0 aliphatic rings. The van der Waals surface area contributed by atoms with Crippen LogP contribution in [0.2, 0.25) is 0 Å². The molecule has 0 saturated carbocycles. The van der Waals surface area contributed by atoms with Gasteiger partial charge in [-0.2, -0.15) is 0 Å². The Balaban J connectivity index is 2.28. The molecule has 0 radical (unpaired) electrons. The third-order valence-electron chi connectivity index (χ3n) is 3.06. The minimum absolute atomic E-state index is 0.0212. The van der Waals surface area contributed by atoms with Gasteiger partial charge in [-0.1, -0.05) is 42.5 Å². The summed E-state index contributed by atoms with van der Waals surface area (Å²) in [6, 6.07) is 9.58. The molecule has 0 bridgehead atoms. The molecule has 2 rings (SSSR count). The van der Waals surface area contributed by atoms with Gasteiger partial charge in [0.25, 0.3) is 0 Å². The summed E-state index contributed by atoms with van der Waals surface area (Å²) in [6.07, 6.45) is 2.42. The van der Waals surface area contributed by atoms with Crippen LogP contribution in [-0.4, -0.2) is 27.3 Å². The fourth-order valence-corrected chi connectivity index (χ4v) is 2.08. The predicted octanol–water partition coefficient (Wildman–Crippen LogP) is 1.61. The van der Waals surface area contributed by atoms with Crippen LogP contribution in [-0.2, 0) is 6.54 Å². The van der Waals surface area contributed by atoms with E-state index in [-0.39, 0.29) is 18.2 Å². The van der Waals surface area contributed by atoms with Crippen LogP contribution in [0.4, 0.5) is 0 Å². The molecule has 1 aromatic heterocycles. The maximum Gasteiger partial charge on any atom is 0.191 e. The summed E-state index contributed by atoms with van der Waals surface area (Å²) in [5, 5.41) is 7.77. The third-order valence-corrected chi connectivity index (χ3v) is 3.06. The lowest BCUT2D eigenvalue weighted by Gasteiger charge is -2.14. The monoisotopic (exact) mass is 258 g/mol. The van der Waals surface area contributed by atoms with Crippen molar-refractivity contribution in [3.05, 3.63) is 47.8 Å². The average Bonchev–Trinajstić information content (AvgIpc) is 2.89. The normalized spacial score (nSPS) is 12.3. The summed E-state index contributed by atoms with van der Waals surface area (Å²) >= 11 is 0. The van der Waals surface area contributed by atoms with Gasteiger partial charge < -0.3 is 5.73 Å². The highest BCUT2D eigenvalue weighted by atomic mass is 16.1. The number of aryl methyl sites for hydroxylation is 1. The van der Waals surface area contributed by atoms with Crippen LogP contribution in [0, 0.1) is 0 Å². The fourth-order valence-electron chi connectivity index (χ4n) is 2.08. The van der Waals surface area contributed by atoms with Gasteiger partial charge in [0, 0.05) is 13.1 Å². The Kier molecular flexibility index (Phi) is 4.41. The number of hydrogen-bond donors (Lipinski definition) is 1. The van der Waals surface area contributed by atoms with E-state index in [9.17, 15) is 4.79 Å². The molecule has 2 N–H and O–H groups in total. The molecule has 1 atom stereocenters. The molecular weight excluding hydrogens is 240 g/mol. The van der Waals surface area contributed by atoms with E-state index >= 15 is 0 Å². The summed E-state index contributed by atoms with van der Waals surface area (Å²) in [7, 11) is 0. The van der Waals surface area contributed by atoms with Crippen molar-refractivity contribution in [1.29, 1.82) is 0 Å². The molecule has 100 valence electrons. The molecule has 0 spiro atoms. The molecule has 0 amide bonds. The van der Waals surface area contributed by atoms with Crippen molar-refractivity contribution in [3.63, 3.8) is 0 Å². The van der Waals surface area contributed by atoms with Gasteiger partial charge in [-0.25, -0.2) is 4.68 Å². The second-order valence-corrected chi connectivity index (χ2v) is 4.41. The van der Waals surface area contributed by atoms with Gasteiger partial charge in [-0.3, -0.25) is 4.79 Å². The van der Waals surface area contributed by atoms with Gasteiger partial charge in [0.2, 0.25) is 0 Å². The Morgan fingerprint density at radius 2 is 2.11 bits per heavy atom. The highest BCUT2D eigenvalue weighted by Crippen LogP contribution is 2.19. The molecule has 0 aliphatic heterocycles. The number of ketones is 1. The Morgan fingerprint density at radius 1 is 1.37 bits per heavy atom. The first kappa shape index (κ1) is 13.4. The predicted molar refractivity (Wildman–Crippen MR) is 72.9 cm³/mol.